The fourth-order valence-electron chi connectivity index (χ4n) is 4.54. The molecule has 6 heteroatoms. The molecular weight excluding hydrogens is 362 g/mol. The third-order valence-electron chi connectivity index (χ3n) is 6.63. The Balaban J connectivity index is 1.46. The average Bonchev–Trinajstić information content (AvgIpc) is 3.12. The predicted octanol–water partition coefficient (Wildman–Crippen LogP) is 4.75. The van der Waals surface area contributed by atoms with Crippen molar-refractivity contribution in [2.75, 3.05) is 34.8 Å². The van der Waals surface area contributed by atoms with Gasteiger partial charge in [-0.05, 0) is 68.9 Å². The molecule has 1 aromatic heterocycles. The van der Waals surface area contributed by atoms with Crippen molar-refractivity contribution in [2.45, 2.75) is 52.4 Å². The first kappa shape index (κ1) is 19.7. The number of nitrogens with one attached hydrogen (secondary N) is 1. The maximum atomic E-state index is 13.0. The van der Waals surface area contributed by atoms with Crippen LogP contribution in [0, 0.1) is 5.41 Å². The molecule has 4 rings (SSSR count). The van der Waals surface area contributed by atoms with Crippen LogP contribution < -0.4 is 15.1 Å². The minimum Gasteiger partial charge on any atom is -0.372 e. The summed E-state index contributed by atoms with van der Waals surface area (Å²) in [5.41, 5.74) is 1.98. The largest absolute Gasteiger partial charge is 0.372 e. The Morgan fingerprint density at radius 2 is 1.72 bits per heavy atom. The van der Waals surface area contributed by atoms with E-state index in [-0.39, 0.29) is 11.3 Å². The van der Waals surface area contributed by atoms with Gasteiger partial charge < -0.3 is 10.2 Å². The minimum atomic E-state index is -0.233. The van der Waals surface area contributed by atoms with E-state index in [2.05, 4.69) is 58.3 Å². The lowest BCUT2D eigenvalue weighted by Gasteiger charge is -2.28. The van der Waals surface area contributed by atoms with Gasteiger partial charge in [0.15, 0.2) is 0 Å². The molecule has 29 heavy (non-hydrogen) atoms. The number of benzene rings is 1. The molecule has 2 aromatic rings. The number of nitrogens with zero attached hydrogens (tertiary/aromatic N) is 4. The number of hydrogen-bond donors (Lipinski definition) is 1. The summed E-state index contributed by atoms with van der Waals surface area (Å²) in [5, 5.41) is 3.28. The van der Waals surface area contributed by atoms with Crippen LogP contribution in [0.25, 0.3) is 0 Å². The summed E-state index contributed by atoms with van der Waals surface area (Å²) in [4.78, 5) is 26.2. The lowest BCUT2D eigenvalue weighted by Crippen LogP contribution is -2.34. The van der Waals surface area contributed by atoms with Crippen LogP contribution in [0.2, 0.25) is 0 Å². The fraction of sp³-hybridized carbons (Fsp3) is 0.522. The van der Waals surface area contributed by atoms with Gasteiger partial charge in [-0.15, -0.1) is 0 Å². The van der Waals surface area contributed by atoms with Crippen molar-refractivity contribution in [3.8, 4) is 0 Å². The van der Waals surface area contributed by atoms with Crippen molar-refractivity contribution in [3.63, 3.8) is 0 Å². The van der Waals surface area contributed by atoms with Crippen LogP contribution in [-0.4, -0.2) is 35.5 Å². The maximum absolute atomic E-state index is 13.0. The molecule has 2 fully saturated rings. The molecular formula is C23H31N5O. The van der Waals surface area contributed by atoms with E-state index in [1.165, 1.54) is 24.9 Å². The summed E-state index contributed by atoms with van der Waals surface area (Å²) in [6, 6.07) is 10.3. The zero-order valence-electron chi connectivity index (χ0n) is 17.5. The zero-order chi connectivity index (χ0) is 20.3. The van der Waals surface area contributed by atoms with Crippen LogP contribution in [0.5, 0.6) is 0 Å². The van der Waals surface area contributed by atoms with Gasteiger partial charge in [0, 0.05) is 37.2 Å². The number of aromatic nitrogens is 2. The summed E-state index contributed by atoms with van der Waals surface area (Å²) in [5.74, 6) is 1.39. The molecule has 1 N–H and O–H groups in total. The third kappa shape index (κ3) is 3.93. The van der Waals surface area contributed by atoms with Crippen molar-refractivity contribution >= 4 is 29.0 Å². The van der Waals surface area contributed by atoms with Gasteiger partial charge >= 0.3 is 0 Å². The van der Waals surface area contributed by atoms with Gasteiger partial charge in [0.05, 0.1) is 5.41 Å². The van der Waals surface area contributed by atoms with Crippen molar-refractivity contribution < 1.29 is 4.79 Å². The number of carbonyl (C=O) groups excluding carboxylic acids is 1. The van der Waals surface area contributed by atoms with Crippen LogP contribution in [0.4, 0.5) is 23.1 Å². The van der Waals surface area contributed by atoms with E-state index in [0.717, 1.165) is 44.6 Å². The summed E-state index contributed by atoms with van der Waals surface area (Å²) >= 11 is 0. The zero-order valence-corrected chi connectivity index (χ0v) is 17.5. The molecule has 1 aromatic carbocycles. The first-order chi connectivity index (χ1) is 14.1. The minimum absolute atomic E-state index is 0.193. The van der Waals surface area contributed by atoms with Crippen LogP contribution in [-0.2, 0) is 4.79 Å². The average molecular weight is 394 g/mol. The molecule has 2 aliphatic heterocycles. The highest BCUT2D eigenvalue weighted by Crippen LogP contribution is 2.40. The lowest BCUT2D eigenvalue weighted by atomic mass is 9.81. The van der Waals surface area contributed by atoms with Crippen molar-refractivity contribution in [1.29, 1.82) is 0 Å². The highest BCUT2D eigenvalue weighted by molar-refractivity contribution is 5.99. The Morgan fingerprint density at radius 1 is 1.00 bits per heavy atom. The standard InChI is InChI=1S/C23H31N5O/c1-3-23(4-2)13-17-28(21(23)29)20-12-14-24-22(26-20)25-18-8-10-19(11-9-18)27-15-6-5-7-16-27/h8-12,14H,3-7,13,15-17H2,1-2H3,(H,24,25,26). The molecule has 0 saturated carbocycles. The molecule has 1 amide bonds. The quantitative estimate of drug-likeness (QED) is 0.767. The molecule has 0 bridgehead atoms. The highest BCUT2D eigenvalue weighted by Gasteiger charge is 2.44. The summed E-state index contributed by atoms with van der Waals surface area (Å²) in [6.45, 7) is 7.20. The molecule has 0 aliphatic carbocycles. The number of carbonyl (C=O) groups is 1. The second-order valence-corrected chi connectivity index (χ2v) is 8.15. The van der Waals surface area contributed by atoms with Crippen LogP contribution >= 0.6 is 0 Å². The first-order valence-electron chi connectivity index (χ1n) is 10.9. The predicted molar refractivity (Wildman–Crippen MR) is 118 cm³/mol. The van der Waals surface area contributed by atoms with Crippen molar-refractivity contribution in [3.05, 3.63) is 36.5 Å². The van der Waals surface area contributed by atoms with Gasteiger partial charge in [-0.2, -0.15) is 4.98 Å². The molecule has 2 aliphatic rings. The van der Waals surface area contributed by atoms with E-state index >= 15 is 0 Å². The number of rotatable bonds is 6. The Bertz CT molecular complexity index is 841. The molecule has 2 saturated heterocycles. The first-order valence-corrected chi connectivity index (χ1v) is 10.9. The van der Waals surface area contributed by atoms with Gasteiger partial charge in [-0.3, -0.25) is 9.69 Å². The monoisotopic (exact) mass is 393 g/mol. The molecule has 0 spiro atoms. The van der Waals surface area contributed by atoms with E-state index in [0.29, 0.717) is 11.8 Å². The number of piperidine rings is 1. The Kier molecular flexibility index (Phi) is 5.69. The number of hydrogen-bond acceptors (Lipinski definition) is 5. The molecule has 3 heterocycles. The topological polar surface area (TPSA) is 61.4 Å². The lowest BCUT2D eigenvalue weighted by molar-refractivity contribution is -0.125. The molecule has 0 unspecified atom stereocenters. The Labute approximate surface area is 173 Å². The van der Waals surface area contributed by atoms with Crippen LogP contribution in [0.3, 0.4) is 0 Å². The van der Waals surface area contributed by atoms with Crippen molar-refractivity contribution in [1.82, 2.24) is 9.97 Å². The van der Waals surface area contributed by atoms with Crippen LogP contribution in [0.15, 0.2) is 36.5 Å². The van der Waals surface area contributed by atoms with Gasteiger partial charge in [0.2, 0.25) is 11.9 Å². The SMILES string of the molecule is CCC1(CC)CCN(c2ccnc(Nc3ccc(N4CCCCC4)cc3)n2)C1=O. The van der Waals surface area contributed by atoms with E-state index < -0.39 is 0 Å². The van der Waals surface area contributed by atoms with Gasteiger partial charge in [0.25, 0.3) is 0 Å². The normalized spacial score (nSPS) is 18.9. The molecule has 0 atom stereocenters. The number of amides is 1. The van der Waals surface area contributed by atoms with Crippen molar-refractivity contribution in [2.24, 2.45) is 5.41 Å². The summed E-state index contributed by atoms with van der Waals surface area (Å²) in [6.07, 6.45) is 8.24. The van der Waals surface area contributed by atoms with Crippen LogP contribution in [0.1, 0.15) is 52.4 Å². The maximum Gasteiger partial charge on any atom is 0.234 e. The van der Waals surface area contributed by atoms with Gasteiger partial charge in [-0.1, -0.05) is 13.8 Å². The highest BCUT2D eigenvalue weighted by atomic mass is 16.2. The van der Waals surface area contributed by atoms with E-state index in [1.54, 1.807) is 6.20 Å². The second kappa shape index (κ2) is 8.39. The van der Waals surface area contributed by atoms with E-state index in [9.17, 15) is 4.79 Å². The van der Waals surface area contributed by atoms with E-state index in [4.69, 9.17) is 0 Å². The van der Waals surface area contributed by atoms with Gasteiger partial charge in [0.1, 0.15) is 5.82 Å². The summed E-state index contributed by atoms with van der Waals surface area (Å²) < 4.78 is 0. The molecule has 154 valence electrons. The molecule has 6 nitrogen and oxygen atoms in total. The van der Waals surface area contributed by atoms with Gasteiger partial charge in [-0.25, -0.2) is 4.98 Å². The van der Waals surface area contributed by atoms with E-state index in [1.807, 2.05) is 11.0 Å². The fourth-order valence-corrected chi connectivity index (χ4v) is 4.54. The molecule has 0 radical (unpaired) electrons. The second-order valence-electron chi connectivity index (χ2n) is 8.15. The smallest absolute Gasteiger partial charge is 0.234 e. The number of anilines is 4. The Morgan fingerprint density at radius 3 is 2.38 bits per heavy atom. The third-order valence-corrected chi connectivity index (χ3v) is 6.63. The Hall–Kier alpha value is -2.63. The summed E-state index contributed by atoms with van der Waals surface area (Å²) in [7, 11) is 0.